The summed E-state index contributed by atoms with van der Waals surface area (Å²) in [6.45, 7) is 1.64. The maximum atomic E-state index is 12.9. The molecule has 14 nitrogen and oxygen atoms in total. The van der Waals surface area contributed by atoms with Crippen molar-refractivity contribution in [3.8, 4) is 0 Å². The lowest BCUT2D eigenvalue weighted by atomic mass is 10.2. The Balaban J connectivity index is 1.13. The molecule has 53 heavy (non-hydrogen) atoms. The smallest absolute Gasteiger partial charge is 0.332 e. The molecule has 0 aliphatic rings. The zero-order valence-corrected chi connectivity index (χ0v) is 31.0. The Bertz CT molecular complexity index is 2350. The van der Waals surface area contributed by atoms with Crippen LogP contribution in [-0.2, 0) is 20.0 Å². The zero-order valence-electron chi connectivity index (χ0n) is 27.7. The number of para-hydroxylation sites is 2. The number of rotatable bonds is 10. The molecule has 5 rings (SSSR count). The molecule has 5 aromatic rings. The summed E-state index contributed by atoms with van der Waals surface area (Å²) in [7, 11) is -8.56. The van der Waals surface area contributed by atoms with Gasteiger partial charge in [0.25, 0.3) is 20.0 Å². The number of thiocarbonyl (C=S) groups is 2. The van der Waals surface area contributed by atoms with Crippen LogP contribution in [0.1, 0.15) is 5.56 Å². The summed E-state index contributed by atoms with van der Waals surface area (Å²) < 4.78 is 55.5. The van der Waals surface area contributed by atoms with Gasteiger partial charge in [0.05, 0.1) is 9.79 Å². The third kappa shape index (κ3) is 11.2. The predicted octanol–water partition coefficient (Wildman–Crippen LogP) is 6.63. The standard InChI is InChI=1S/C35H32N8O6S4/c1-23-12-13-28(36-32(44)42-52(46,47)29-18-14-26(15-19-29)39-34(50)37-24-8-4-2-5-9-24)22-31(23)41-33(45)43-53(48,49)30-20-16-27(17-21-30)40-35(51)38-25-10-6-3-7-11-25/h2-22H,1H3,(H2,36,42,44)(H2,37,39,50)(H2,38,40,51)(H2,41,43,45). The van der Waals surface area contributed by atoms with Crippen molar-refractivity contribution in [1.29, 1.82) is 0 Å². The number of carbonyl (C=O) groups is 2. The Morgan fingerprint density at radius 1 is 0.453 bits per heavy atom. The van der Waals surface area contributed by atoms with Gasteiger partial charge in [-0.25, -0.2) is 35.9 Å². The van der Waals surface area contributed by atoms with Crippen LogP contribution in [-0.4, -0.2) is 39.1 Å². The molecule has 18 heteroatoms. The molecule has 8 N–H and O–H groups in total. The van der Waals surface area contributed by atoms with Gasteiger partial charge in [0.2, 0.25) is 0 Å². The normalized spacial score (nSPS) is 11.0. The second-order valence-corrected chi connectivity index (χ2v) is 15.3. The molecular weight excluding hydrogens is 757 g/mol. The number of urea groups is 2. The van der Waals surface area contributed by atoms with Crippen LogP contribution < -0.4 is 41.3 Å². The van der Waals surface area contributed by atoms with Gasteiger partial charge < -0.3 is 31.9 Å². The molecule has 0 radical (unpaired) electrons. The van der Waals surface area contributed by atoms with Crippen LogP contribution in [0, 0.1) is 6.92 Å². The minimum atomic E-state index is -4.28. The molecule has 0 aromatic heterocycles. The van der Waals surface area contributed by atoms with E-state index >= 15 is 0 Å². The van der Waals surface area contributed by atoms with Crippen molar-refractivity contribution in [1.82, 2.24) is 9.44 Å². The van der Waals surface area contributed by atoms with Crippen LogP contribution in [0.3, 0.4) is 0 Å². The van der Waals surface area contributed by atoms with Crippen molar-refractivity contribution in [2.24, 2.45) is 0 Å². The van der Waals surface area contributed by atoms with Crippen LogP contribution >= 0.6 is 24.4 Å². The number of nitrogens with one attached hydrogen (secondary N) is 8. The van der Waals surface area contributed by atoms with Gasteiger partial charge in [-0.2, -0.15) is 0 Å². The summed E-state index contributed by atoms with van der Waals surface area (Å²) in [5.41, 5.74) is 3.38. The first-order chi connectivity index (χ1) is 25.3. The first kappa shape index (κ1) is 38.2. The van der Waals surface area contributed by atoms with Crippen molar-refractivity contribution in [2.75, 3.05) is 31.9 Å². The first-order valence-electron chi connectivity index (χ1n) is 15.5. The zero-order chi connectivity index (χ0) is 38.0. The fourth-order valence-corrected chi connectivity index (χ4v) is 6.85. The van der Waals surface area contributed by atoms with Crippen LogP contribution in [0.5, 0.6) is 0 Å². The Morgan fingerprint density at radius 2 is 0.811 bits per heavy atom. The van der Waals surface area contributed by atoms with E-state index in [1.54, 1.807) is 13.0 Å². The summed E-state index contributed by atoms with van der Waals surface area (Å²) >= 11 is 10.6. The third-order valence-electron chi connectivity index (χ3n) is 7.11. The number of amides is 4. The van der Waals surface area contributed by atoms with Gasteiger partial charge in [0.1, 0.15) is 0 Å². The fourth-order valence-electron chi connectivity index (χ4n) is 4.57. The second-order valence-electron chi connectivity index (χ2n) is 11.1. The van der Waals surface area contributed by atoms with Crippen molar-refractivity contribution in [3.05, 3.63) is 133 Å². The number of sulfonamides is 2. The minimum absolute atomic E-state index is 0.114. The van der Waals surface area contributed by atoms with Crippen molar-refractivity contribution < 1.29 is 26.4 Å². The third-order valence-corrected chi connectivity index (χ3v) is 10.2. The molecule has 0 saturated heterocycles. The highest BCUT2D eigenvalue weighted by Gasteiger charge is 2.20. The SMILES string of the molecule is Cc1ccc(NC(=O)NS(=O)(=O)c2ccc(NC(=S)Nc3ccccc3)cc2)cc1NC(=O)NS(=O)(=O)c1ccc(NC(=S)Nc2ccccc2)cc1. The molecule has 4 amide bonds. The number of hydrogen-bond donors (Lipinski definition) is 8. The average molecular weight is 789 g/mol. The van der Waals surface area contributed by atoms with Crippen molar-refractivity contribution >= 4 is 101 Å². The molecule has 0 unspecified atom stereocenters. The van der Waals surface area contributed by atoms with Crippen molar-refractivity contribution in [3.63, 3.8) is 0 Å². The van der Waals surface area contributed by atoms with Crippen LogP contribution in [0.2, 0.25) is 0 Å². The lowest BCUT2D eigenvalue weighted by molar-refractivity contribution is 0.255. The number of benzene rings is 5. The van der Waals surface area contributed by atoms with E-state index in [0.29, 0.717) is 27.2 Å². The number of hydrogen-bond acceptors (Lipinski definition) is 8. The van der Waals surface area contributed by atoms with E-state index in [1.807, 2.05) is 70.1 Å². The Morgan fingerprint density at radius 3 is 1.23 bits per heavy atom. The summed E-state index contributed by atoms with van der Waals surface area (Å²) in [5.74, 6) is 0. The molecule has 0 fully saturated rings. The quantitative estimate of drug-likeness (QED) is 0.0704. The lowest BCUT2D eigenvalue weighted by Gasteiger charge is -2.14. The van der Waals surface area contributed by atoms with E-state index in [-0.39, 0.29) is 21.2 Å². The van der Waals surface area contributed by atoms with Gasteiger partial charge >= 0.3 is 12.1 Å². The highest BCUT2D eigenvalue weighted by Crippen LogP contribution is 2.22. The van der Waals surface area contributed by atoms with Gasteiger partial charge in [-0.15, -0.1) is 0 Å². The minimum Gasteiger partial charge on any atom is -0.332 e. The molecule has 0 spiro atoms. The van der Waals surface area contributed by atoms with Gasteiger partial charge in [-0.1, -0.05) is 42.5 Å². The topological polar surface area (TPSA) is 199 Å². The Hall–Kier alpha value is -6.08. The molecule has 0 bridgehead atoms. The van der Waals surface area contributed by atoms with E-state index < -0.39 is 32.1 Å². The van der Waals surface area contributed by atoms with Gasteiger partial charge in [-0.05, 0) is 122 Å². The van der Waals surface area contributed by atoms with E-state index in [4.69, 9.17) is 24.4 Å². The molecule has 272 valence electrons. The van der Waals surface area contributed by atoms with E-state index in [9.17, 15) is 26.4 Å². The van der Waals surface area contributed by atoms with E-state index in [1.165, 1.54) is 60.7 Å². The summed E-state index contributed by atoms with van der Waals surface area (Å²) in [6.07, 6.45) is 0. The second kappa shape index (κ2) is 17.0. The van der Waals surface area contributed by atoms with Crippen LogP contribution in [0.15, 0.2) is 137 Å². The predicted molar refractivity (Wildman–Crippen MR) is 215 cm³/mol. The summed E-state index contributed by atoms with van der Waals surface area (Å²) in [5, 5.41) is 17.4. The molecule has 5 aromatic carbocycles. The number of anilines is 6. The Kier molecular flexibility index (Phi) is 12.2. The maximum Gasteiger partial charge on any atom is 0.333 e. The molecule has 0 atom stereocenters. The van der Waals surface area contributed by atoms with Crippen LogP contribution in [0.25, 0.3) is 0 Å². The first-order valence-corrected chi connectivity index (χ1v) is 19.3. The molecule has 0 saturated carbocycles. The van der Waals surface area contributed by atoms with E-state index in [2.05, 4.69) is 31.9 Å². The fraction of sp³-hybridized carbons (Fsp3) is 0.0286. The van der Waals surface area contributed by atoms with Crippen LogP contribution in [0.4, 0.5) is 43.7 Å². The lowest BCUT2D eigenvalue weighted by Crippen LogP contribution is -2.35. The Labute approximate surface area is 316 Å². The number of aryl methyl sites for hydroxylation is 1. The highest BCUT2D eigenvalue weighted by atomic mass is 32.2. The van der Waals surface area contributed by atoms with Crippen molar-refractivity contribution in [2.45, 2.75) is 16.7 Å². The highest BCUT2D eigenvalue weighted by molar-refractivity contribution is 7.90. The summed E-state index contributed by atoms with van der Waals surface area (Å²) in [4.78, 5) is 25.1. The molecule has 0 heterocycles. The van der Waals surface area contributed by atoms with Gasteiger partial charge in [0.15, 0.2) is 10.2 Å². The molecular formula is C35H32N8O6S4. The summed E-state index contributed by atoms with van der Waals surface area (Å²) in [6, 6.07) is 31.9. The maximum absolute atomic E-state index is 12.9. The molecule has 0 aliphatic heterocycles. The van der Waals surface area contributed by atoms with E-state index in [0.717, 1.165) is 11.4 Å². The largest absolute Gasteiger partial charge is 0.333 e. The molecule has 0 aliphatic carbocycles. The monoisotopic (exact) mass is 788 g/mol. The van der Waals surface area contributed by atoms with Gasteiger partial charge in [-0.3, -0.25) is 0 Å². The van der Waals surface area contributed by atoms with Gasteiger partial charge in [0, 0.05) is 34.1 Å². The average Bonchev–Trinajstić information content (AvgIpc) is 3.10. The number of carbonyl (C=O) groups excluding carboxylic acids is 2.